The Morgan fingerprint density at radius 3 is 2.48 bits per heavy atom. The third kappa shape index (κ3) is 4.74. The molecule has 1 heterocycles. The first kappa shape index (κ1) is 20.8. The molecule has 0 saturated heterocycles. The molecular weight excluding hydrogens is 388 g/mol. The van der Waals surface area contributed by atoms with E-state index in [1.807, 2.05) is 32.0 Å². The summed E-state index contributed by atoms with van der Waals surface area (Å²) < 4.78 is 6.35. The molecule has 7 heteroatoms. The summed E-state index contributed by atoms with van der Waals surface area (Å²) >= 11 is 1.23. The van der Waals surface area contributed by atoms with Gasteiger partial charge in [-0.05, 0) is 24.1 Å². The standard InChI is InChI=1S/C22H22N2O4S/c1-14(2)12-24-20(26)17-10-9-16(21(27)28-3)11-18(17)23-22(24)29-13-19(25)15-7-5-4-6-8-15/h4-11,14H,12-13H2,1-3H3. The van der Waals surface area contributed by atoms with Gasteiger partial charge in [-0.1, -0.05) is 55.9 Å². The number of Topliss-reactive ketones (excluding diaryl/α,β-unsaturated/α-hetero) is 1. The first-order chi connectivity index (χ1) is 13.9. The minimum absolute atomic E-state index is 0.0376. The summed E-state index contributed by atoms with van der Waals surface area (Å²) in [7, 11) is 1.30. The van der Waals surface area contributed by atoms with Gasteiger partial charge in [-0.2, -0.15) is 0 Å². The second-order valence-corrected chi connectivity index (χ2v) is 7.95. The number of ketones is 1. The van der Waals surface area contributed by atoms with Gasteiger partial charge in [-0.25, -0.2) is 9.78 Å². The van der Waals surface area contributed by atoms with Crippen LogP contribution in [0.4, 0.5) is 0 Å². The van der Waals surface area contributed by atoms with Crippen LogP contribution in [0.25, 0.3) is 10.9 Å². The van der Waals surface area contributed by atoms with Crippen molar-refractivity contribution in [3.05, 3.63) is 70.0 Å². The Morgan fingerprint density at radius 2 is 1.83 bits per heavy atom. The van der Waals surface area contributed by atoms with Crippen LogP contribution >= 0.6 is 11.8 Å². The molecule has 150 valence electrons. The van der Waals surface area contributed by atoms with Crippen molar-refractivity contribution in [1.82, 2.24) is 9.55 Å². The molecule has 0 radical (unpaired) electrons. The molecule has 0 N–H and O–H groups in total. The quantitative estimate of drug-likeness (QED) is 0.255. The van der Waals surface area contributed by atoms with Gasteiger partial charge in [0.15, 0.2) is 10.9 Å². The average Bonchev–Trinajstić information content (AvgIpc) is 2.73. The number of carbonyl (C=O) groups excluding carboxylic acids is 2. The molecule has 0 fully saturated rings. The van der Waals surface area contributed by atoms with Crippen molar-refractivity contribution in [2.45, 2.75) is 25.5 Å². The van der Waals surface area contributed by atoms with Crippen molar-refractivity contribution in [1.29, 1.82) is 0 Å². The van der Waals surface area contributed by atoms with E-state index in [0.717, 1.165) is 0 Å². The number of aromatic nitrogens is 2. The van der Waals surface area contributed by atoms with Gasteiger partial charge >= 0.3 is 5.97 Å². The molecule has 0 unspecified atom stereocenters. The molecule has 0 spiro atoms. The first-order valence-corrected chi connectivity index (χ1v) is 10.2. The van der Waals surface area contributed by atoms with E-state index in [4.69, 9.17) is 4.74 Å². The lowest BCUT2D eigenvalue weighted by molar-refractivity contribution is 0.0600. The largest absolute Gasteiger partial charge is 0.465 e. The van der Waals surface area contributed by atoms with E-state index in [2.05, 4.69) is 4.98 Å². The third-order valence-corrected chi connectivity index (χ3v) is 5.29. The van der Waals surface area contributed by atoms with Crippen molar-refractivity contribution in [2.24, 2.45) is 5.92 Å². The average molecular weight is 410 g/mol. The van der Waals surface area contributed by atoms with Crippen LogP contribution in [-0.4, -0.2) is 34.2 Å². The fraction of sp³-hybridized carbons (Fsp3) is 0.273. The number of benzene rings is 2. The summed E-state index contributed by atoms with van der Waals surface area (Å²) in [4.78, 5) is 42.0. The molecule has 0 saturated carbocycles. The number of rotatable bonds is 7. The van der Waals surface area contributed by atoms with E-state index in [1.165, 1.54) is 18.9 Å². The van der Waals surface area contributed by atoms with Crippen LogP contribution < -0.4 is 5.56 Å². The van der Waals surface area contributed by atoms with Crippen molar-refractivity contribution < 1.29 is 14.3 Å². The lowest BCUT2D eigenvalue weighted by Gasteiger charge is -2.15. The maximum Gasteiger partial charge on any atom is 0.337 e. The molecule has 0 amide bonds. The summed E-state index contributed by atoms with van der Waals surface area (Å²) in [6.07, 6.45) is 0. The smallest absolute Gasteiger partial charge is 0.337 e. The van der Waals surface area contributed by atoms with E-state index in [1.54, 1.807) is 34.9 Å². The van der Waals surface area contributed by atoms with E-state index in [0.29, 0.717) is 33.7 Å². The van der Waals surface area contributed by atoms with Crippen molar-refractivity contribution in [2.75, 3.05) is 12.9 Å². The van der Waals surface area contributed by atoms with E-state index >= 15 is 0 Å². The highest BCUT2D eigenvalue weighted by Crippen LogP contribution is 2.21. The van der Waals surface area contributed by atoms with Crippen molar-refractivity contribution in [3.63, 3.8) is 0 Å². The minimum Gasteiger partial charge on any atom is -0.465 e. The van der Waals surface area contributed by atoms with Gasteiger partial charge in [0, 0.05) is 12.1 Å². The fourth-order valence-corrected chi connectivity index (χ4v) is 3.82. The minimum atomic E-state index is -0.492. The molecule has 1 aromatic heterocycles. The predicted molar refractivity (Wildman–Crippen MR) is 114 cm³/mol. The van der Waals surface area contributed by atoms with Crippen molar-refractivity contribution in [3.8, 4) is 0 Å². The maximum atomic E-state index is 13.1. The number of fused-ring (bicyclic) bond motifs is 1. The van der Waals surface area contributed by atoms with Gasteiger partial charge in [0.2, 0.25) is 0 Å². The summed E-state index contributed by atoms with van der Waals surface area (Å²) in [5.41, 5.74) is 1.17. The van der Waals surface area contributed by atoms with Gasteiger partial charge in [0.1, 0.15) is 0 Å². The second kappa shape index (κ2) is 9.05. The van der Waals surface area contributed by atoms with Crippen LogP contribution in [0.3, 0.4) is 0 Å². The van der Waals surface area contributed by atoms with Gasteiger partial charge in [-0.3, -0.25) is 14.2 Å². The monoisotopic (exact) mass is 410 g/mol. The summed E-state index contributed by atoms with van der Waals surface area (Å²) in [6.45, 7) is 4.52. The molecule has 0 atom stereocenters. The Balaban J connectivity index is 2.01. The number of esters is 1. The summed E-state index contributed by atoms with van der Waals surface area (Å²) in [5, 5.41) is 0.888. The van der Waals surface area contributed by atoms with Crippen LogP contribution in [0, 0.1) is 5.92 Å². The molecule has 0 aliphatic carbocycles. The zero-order chi connectivity index (χ0) is 21.0. The van der Waals surface area contributed by atoms with Crippen molar-refractivity contribution >= 4 is 34.4 Å². The summed E-state index contributed by atoms with van der Waals surface area (Å²) in [5.74, 6) is -0.139. The zero-order valence-corrected chi connectivity index (χ0v) is 17.4. The highest BCUT2D eigenvalue weighted by molar-refractivity contribution is 7.99. The highest BCUT2D eigenvalue weighted by Gasteiger charge is 2.16. The SMILES string of the molecule is COC(=O)c1ccc2c(=O)n(CC(C)C)c(SCC(=O)c3ccccc3)nc2c1. The highest BCUT2D eigenvalue weighted by atomic mass is 32.2. The lowest BCUT2D eigenvalue weighted by atomic mass is 10.1. The van der Waals surface area contributed by atoms with Gasteiger partial charge in [0.25, 0.3) is 5.56 Å². The Morgan fingerprint density at radius 1 is 1.10 bits per heavy atom. The lowest BCUT2D eigenvalue weighted by Crippen LogP contribution is -2.26. The van der Waals surface area contributed by atoms with Gasteiger partial charge in [-0.15, -0.1) is 0 Å². The van der Waals surface area contributed by atoms with Gasteiger partial charge < -0.3 is 4.74 Å². The van der Waals surface area contributed by atoms with E-state index < -0.39 is 5.97 Å². The van der Waals surface area contributed by atoms with Crippen LogP contribution in [0.2, 0.25) is 0 Å². The Kier molecular flexibility index (Phi) is 6.49. The molecular formula is C22H22N2O4S. The van der Waals surface area contributed by atoms with E-state index in [-0.39, 0.29) is 23.0 Å². The number of nitrogens with zero attached hydrogens (tertiary/aromatic N) is 2. The van der Waals surface area contributed by atoms with Crippen LogP contribution in [0.5, 0.6) is 0 Å². The molecule has 6 nitrogen and oxygen atoms in total. The summed E-state index contributed by atoms with van der Waals surface area (Å²) in [6, 6.07) is 13.7. The van der Waals surface area contributed by atoms with Crippen LogP contribution in [0.1, 0.15) is 34.6 Å². The number of carbonyl (C=O) groups is 2. The molecule has 0 aliphatic rings. The zero-order valence-electron chi connectivity index (χ0n) is 16.5. The molecule has 3 rings (SSSR count). The Labute approximate surface area is 172 Å². The van der Waals surface area contributed by atoms with E-state index in [9.17, 15) is 14.4 Å². The number of thioether (sulfide) groups is 1. The Bertz CT molecular complexity index is 1110. The normalized spacial score (nSPS) is 11.0. The number of hydrogen-bond donors (Lipinski definition) is 0. The number of methoxy groups -OCH3 is 1. The second-order valence-electron chi connectivity index (χ2n) is 7.01. The number of hydrogen-bond acceptors (Lipinski definition) is 6. The molecule has 0 aliphatic heterocycles. The fourth-order valence-electron chi connectivity index (χ4n) is 2.92. The van der Waals surface area contributed by atoms with Crippen LogP contribution in [0.15, 0.2) is 58.5 Å². The first-order valence-electron chi connectivity index (χ1n) is 9.24. The van der Waals surface area contributed by atoms with Gasteiger partial charge in [0.05, 0.1) is 29.3 Å². The predicted octanol–water partition coefficient (Wildman–Crippen LogP) is 3.81. The molecule has 29 heavy (non-hydrogen) atoms. The molecule has 0 bridgehead atoms. The molecule has 2 aromatic carbocycles. The topological polar surface area (TPSA) is 78.3 Å². The third-order valence-electron chi connectivity index (χ3n) is 4.32. The molecule has 3 aromatic rings. The Hall–Kier alpha value is -2.93. The van der Waals surface area contributed by atoms with Crippen LogP contribution in [-0.2, 0) is 11.3 Å². The number of ether oxygens (including phenoxy) is 1. The maximum absolute atomic E-state index is 13.1.